The van der Waals surface area contributed by atoms with Gasteiger partial charge >= 0.3 is 5.97 Å². The minimum absolute atomic E-state index is 0.202. The molecule has 0 radical (unpaired) electrons. The zero-order valence-corrected chi connectivity index (χ0v) is 7.66. The van der Waals surface area contributed by atoms with E-state index in [2.05, 4.69) is 19.2 Å². The molecule has 1 saturated heterocycles. The first-order chi connectivity index (χ1) is 5.65. The van der Waals surface area contributed by atoms with Gasteiger partial charge in [-0.1, -0.05) is 13.8 Å². The summed E-state index contributed by atoms with van der Waals surface area (Å²) in [7, 11) is 1.49. The molecule has 12 heavy (non-hydrogen) atoms. The zero-order valence-electron chi connectivity index (χ0n) is 7.66. The van der Waals surface area contributed by atoms with Crippen molar-refractivity contribution in [1.82, 2.24) is 5.32 Å². The predicted molar refractivity (Wildman–Crippen MR) is 43.5 cm³/mol. The molecule has 1 rings (SSSR count). The summed E-state index contributed by atoms with van der Waals surface area (Å²) >= 11 is 0. The Balaban J connectivity index is 2.49. The third-order valence-electron chi connectivity index (χ3n) is 2.03. The minimum Gasteiger partial charge on any atom is -0.461 e. The van der Waals surface area contributed by atoms with Crippen LogP contribution in [0.15, 0.2) is 0 Å². The van der Waals surface area contributed by atoms with E-state index >= 15 is 0 Å². The summed E-state index contributed by atoms with van der Waals surface area (Å²) in [6.45, 7) is 4.59. The molecule has 0 spiro atoms. The molecule has 1 N–H and O–H groups in total. The van der Waals surface area contributed by atoms with E-state index in [0.29, 0.717) is 12.5 Å². The third-order valence-corrected chi connectivity index (χ3v) is 2.03. The number of morpholine rings is 1. The van der Waals surface area contributed by atoms with Crippen LogP contribution in [0.3, 0.4) is 0 Å². The van der Waals surface area contributed by atoms with Crippen LogP contribution in [0.2, 0.25) is 0 Å². The summed E-state index contributed by atoms with van der Waals surface area (Å²) in [5.74, 6) is 0.116. The third kappa shape index (κ3) is 1.95. The Morgan fingerprint density at radius 1 is 1.67 bits per heavy atom. The highest BCUT2D eigenvalue weighted by atomic mass is 16.6. The average Bonchev–Trinajstić information content (AvgIpc) is 2.05. The van der Waals surface area contributed by atoms with Gasteiger partial charge in [0.25, 0.3) is 0 Å². The molecular formula is C8H15NO3. The highest BCUT2D eigenvalue weighted by molar-refractivity contribution is 5.75. The van der Waals surface area contributed by atoms with Crippen molar-refractivity contribution in [3.63, 3.8) is 0 Å². The number of carbonyl (C=O) groups is 1. The standard InChI is InChI=1S/C8H15NO3/c1-5(2)6-4-12-8(10)7(9-6)11-3/h5-7,9H,4H2,1-3H3/t6-,7?/m1/s1. The molecule has 1 aliphatic heterocycles. The van der Waals surface area contributed by atoms with Gasteiger partial charge in [-0.2, -0.15) is 0 Å². The smallest absolute Gasteiger partial charge is 0.350 e. The van der Waals surface area contributed by atoms with Crippen LogP contribution in [-0.4, -0.2) is 32.0 Å². The molecule has 2 atom stereocenters. The molecule has 0 aromatic carbocycles. The highest BCUT2D eigenvalue weighted by Crippen LogP contribution is 2.09. The van der Waals surface area contributed by atoms with Crippen molar-refractivity contribution >= 4 is 5.97 Å². The minimum atomic E-state index is -0.592. The molecule has 1 unspecified atom stereocenters. The molecule has 0 amide bonds. The Morgan fingerprint density at radius 2 is 2.33 bits per heavy atom. The number of methoxy groups -OCH3 is 1. The number of cyclic esters (lactones) is 1. The van der Waals surface area contributed by atoms with E-state index in [1.807, 2.05) is 0 Å². The second-order valence-electron chi connectivity index (χ2n) is 3.26. The summed E-state index contributed by atoms with van der Waals surface area (Å²) in [4.78, 5) is 11.0. The van der Waals surface area contributed by atoms with Crippen LogP contribution in [-0.2, 0) is 14.3 Å². The first kappa shape index (κ1) is 9.48. The van der Waals surface area contributed by atoms with E-state index in [0.717, 1.165) is 0 Å². The number of carbonyl (C=O) groups excluding carboxylic acids is 1. The molecule has 0 aromatic heterocycles. The summed E-state index contributed by atoms with van der Waals surface area (Å²) in [5, 5.41) is 3.06. The van der Waals surface area contributed by atoms with Crippen LogP contribution in [0, 0.1) is 5.92 Å². The molecule has 0 bridgehead atoms. The van der Waals surface area contributed by atoms with Crippen LogP contribution in [0.5, 0.6) is 0 Å². The quantitative estimate of drug-likeness (QED) is 0.603. The van der Waals surface area contributed by atoms with Crippen molar-refractivity contribution in [2.75, 3.05) is 13.7 Å². The maximum absolute atomic E-state index is 11.0. The van der Waals surface area contributed by atoms with Gasteiger partial charge in [0.05, 0.1) is 0 Å². The first-order valence-electron chi connectivity index (χ1n) is 4.10. The lowest BCUT2D eigenvalue weighted by molar-refractivity contribution is -0.167. The van der Waals surface area contributed by atoms with Gasteiger partial charge in [0.1, 0.15) is 6.61 Å². The molecular weight excluding hydrogens is 158 g/mol. The van der Waals surface area contributed by atoms with E-state index in [1.165, 1.54) is 7.11 Å². The highest BCUT2D eigenvalue weighted by Gasteiger charge is 2.30. The van der Waals surface area contributed by atoms with Crippen LogP contribution in [0.1, 0.15) is 13.8 Å². The van der Waals surface area contributed by atoms with Gasteiger partial charge in [0.15, 0.2) is 0 Å². The first-order valence-corrected chi connectivity index (χ1v) is 4.10. The van der Waals surface area contributed by atoms with Crippen molar-refractivity contribution in [2.24, 2.45) is 5.92 Å². The fourth-order valence-electron chi connectivity index (χ4n) is 1.11. The van der Waals surface area contributed by atoms with E-state index in [9.17, 15) is 4.79 Å². The Bertz CT molecular complexity index is 170. The Labute approximate surface area is 72.2 Å². The fraction of sp³-hybridized carbons (Fsp3) is 0.875. The van der Waals surface area contributed by atoms with Crippen molar-refractivity contribution in [3.05, 3.63) is 0 Å². The van der Waals surface area contributed by atoms with Crippen molar-refractivity contribution in [2.45, 2.75) is 26.1 Å². The monoisotopic (exact) mass is 173 g/mol. The number of hydrogen-bond acceptors (Lipinski definition) is 4. The van der Waals surface area contributed by atoms with E-state index in [4.69, 9.17) is 9.47 Å². The van der Waals surface area contributed by atoms with Crippen LogP contribution in [0.25, 0.3) is 0 Å². The predicted octanol–water partition coefficient (Wildman–Crippen LogP) is 0.130. The summed E-state index contributed by atoms with van der Waals surface area (Å²) in [6, 6.07) is 0.202. The molecule has 1 heterocycles. The Morgan fingerprint density at radius 3 is 2.83 bits per heavy atom. The summed E-state index contributed by atoms with van der Waals surface area (Å²) < 4.78 is 9.83. The molecule has 0 aromatic rings. The maximum atomic E-state index is 11.0. The second-order valence-corrected chi connectivity index (χ2v) is 3.26. The SMILES string of the molecule is COC1N[C@@H](C(C)C)COC1=O. The lowest BCUT2D eigenvalue weighted by Gasteiger charge is -2.31. The topological polar surface area (TPSA) is 47.6 Å². The average molecular weight is 173 g/mol. The Kier molecular flexibility index (Phi) is 3.05. The van der Waals surface area contributed by atoms with Gasteiger partial charge in [-0.15, -0.1) is 0 Å². The van der Waals surface area contributed by atoms with Crippen LogP contribution < -0.4 is 5.32 Å². The molecule has 0 saturated carbocycles. The zero-order chi connectivity index (χ0) is 9.14. The molecule has 70 valence electrons. The lowest BCUT2D eigenvalue weighted by Crippen LogP contribution is -2.54. The molecule has 1 aliphatic rings. The van der Waals surface area contributed by atoms with Gasteiger partial charge in [0.2, 0.25) is 6.23 Å². The number of ether oxygens (including phenoxy) is 2. The van der Waals surface area contributed by atoms with Gasteiger partial charge in [-0.05, 0) is 5.92 Å². The van der Waals surface area contributed by atoms with Gasteiger partial charge < -0.3 is 9.47 Å². The number of rotatable bonds is 2. The normalized spacial score (nSPS) is 30.5. The van der Waals surface area contributed by atoms with Gasteiger partial charge in [-0.3, -0.25) is 5.32 Å². The fourth-order valence-corrected chi connectivity index (χ4v) is 1.11. The van der Waals surface area contributed by atoms with Crippen molar-refractivity contribution < 1.29 is 14.3 Å². The molecule has 4 nitrogen and oxygen atoms in total. The van der Waals surface area contributed by atoms with Gasteiger partial charge in [0, 0.05) is 13.2 Å². The van der Waals surface area contributed by atoms with Crippen LogP contribution >= 0.6 is 0 Å². The summed E-state index contributed by atoms with van der Waals surface area (Å²) in [5.41, 5.74) is 0. The van der Waals surface area contributed by atoms with E-state index in [-0.39, 0.29) is 12.0 Å². The van der Waals surface area contributed by atoms with Gasteiger partial charge in [-0.25, -0.2) is 4.79 Å². The van der Waals surface area contributed by atoms with E-state index in [1.54, 1.807) is 0 Å². The molecule has 1 fully saturated rings. The summed E-state index contributed by atoms with van der Waals surface area (Å²) in [6.07, 6.45) is -0.592. The van der Waals surface area contributed by atoms with Crippen molar-refractivity contribution in [1.29, 1.82) is 0 Å². The van der Waals surface area contributed by atoms with Crippen molar-refractivity contribution in [3.8, 4) is 0 Å². The lowest BCUT2D eigenvalue weighted by atomic mass is 10.0. The van der Waals surface area contributed by atoms with E-state index < -0.39 is 6.23 Å². The maximum Gasteiger partial charge on any atom is 0.350 e. The molecule has 4 heteroatoms. The molecule has 0 aliphatic carbocycles. The Hall–Kier alpha value is -0.610. The number of esters is 1. The van der Waals surface area contributed by atoms with Crippen LogP contribution in [0.4, 0.5) is 0 Å². The largest absolute Gasteiger partial charge is 0.461 e. The number of nitrogens with one attached hydrogen (secondary N) is 1. The second kappa shape index (κ2) is 3.87. The number of hydrogen-bond donors (Lipinski definition) is 1.